The van der Waals surface area contributed by atoms with Gasteiger partial charge in [0.1, 0.15) is 12.1 Å². The van der Waals surface area contributed by atoms with Crippen LogP contribution in [0.3, 0.4) is 0 Å². The van der Waals surface area contributed by atoms with Crippen LogP contribution in [0.5, 0.6) is 0 Å². The van der Waals surface area contributed by atoms with Crippen LogP contribution in [0, 0.1) is 22.7 Å². The molecule has 0 spiro atoms. The molecule has 1 rings (SSSR count). The van der Waals surface area contributed by atoms with Gasteiger partial charge >= 0.3 is 5.97 Å². The number of ether oxygens (including phenoxy) is 1. The molecule has 4 nitrogen and oxygen atoms in total. The van der Waals surface area contributed by atoms with Crippen molar-refractivity contribution >= 4 is 29.2 Å². The molecule has 116 valence electrons. The first-order valence-corrected chi connectivity index (χ1v) is 7.70. The van der Waals surface area contributed by atoms with Crippen LogP contribution < -0.4 is 0 Å². The van der Waals surface area contributed by atoms with Gasteiger partial charge in [-0.1, -0.05) is 29.8 Å². The molecule has 0 aliphatic heterocycles. The third-order valence-corrected chi connectivity index (χ3v) is 3.71. The van der Waals surface area contributed by atoms with Crippen molar-refractivity contribution in [2.75, 3.05) is 6.61 Å². The summed E-state index contributed by atoms with van der Waals surface area (Å²) in [6.07, 6.45) is 2.09. The van der Waals surface area contributed by atoms with Gasteiger partial charge < -0.3 is 4.74 Å². The molecule has 22 heavy (non-hydrogen) atoms. The third-order valence-electron chi connectivity index (χ3n) is 3.01. The van der Waals surface area contributed by atoms with Gasteiger partial charge in [-0.05, 0) is 31.4 Å². The number of halogens is 2. The lowest BCUT2D eigenvalue weighted by Gasteiger charge is -2.14. The van der Waals surface area contributed by atoms with Crippen molar-refractivity contribution in [3.05, 3.63) is 35.9 Å². The highest BCUT2D eigenvalue weighted by molar-refractivity contribution is 6.29. The van der Waals surface area contributed by atoms with Crippen molar-refractivity contribution < 1.29 is 9.53 Å². The Labute approximate surface area is 140 Å². The zero-order chi connectivity index (χ0) is 16.4. The van der Waals surface area contributed by atoms with E-state index in [2.05, 4.69) is 0 Å². The molecule has 0 amide bonds. The molecule has 0 aliphatic carbocycles. The van der Waals surface area contributed by atoms with Gasteiger partial charge in [-0.3, -0.25) is 0 Å². The summed E-state index contributed by atoms with van der Waals surface area (Å²) in [5.41, 5.74) is 0.521. The monoisotopic (exact) mass is 338 g/mol. The summed E-state index contributed by atoms with van der Waals surface area (Å²) < 4.78 is 5.14. The first-order chi connectivity index (χ1) is 10.5. The van der Waals surface area contributed by atoms with Crippen LogP contribution in [-0.2, 0) is 4.74 Å². The molecule has 1 aromatic rings. The fraction of sp³-hybridized carbons (Fsp3) is 0.438. The van der Waals surface area contributed by atoms with Crippen molar-refractivity contribution in [2.24, 2.45) is 0 Å². The Morgan fingerprint density at radius 1 is 1.23 bits per heavy atom. The van der Waals surface area contributed by atoms with E-state index in [1.54, 1.807) is 36.4 Å². The fourth-order valence-electron chi connectivity index (χ4n) is 1.81. The summed E-state index contributed by atoms with van der Waals surface area (Å²) in [5.74, 6) is -0.350. The smallest absolute Gasteiger partial charge is 0.338 e. The molecule has 0 radical (unpaired) electrons. The molecule has 0 bridgehead atoms. The van der Waals surface area contributed by atoms with Gasteiger partial charge in [0.05, 0.1) is 12.2 Å². The Hall–Kier alpha value is -1.75. The Bertz CT molecular complexity index is 550. The first kappa shape index (κ1) is 18.3. The molecule has 1 unspecified atom stereocenters. The minimum Gasteiger partial charge on any atom is -0.462 e. The summed E-state index contributed by atoms with van der Waals surface area (Å²) in [6, 6.07) is 12.3. The molecule has 0 saturated heterocycles. The highest BCUT2D eigenvalue weighted by Gasteiger charge is 2.29. The molecule has 0 saturated carbocycles. The number of carbonyl (C=O) groups excluding carboxylic acids is 1. The van der Waals surface area contributed by atoms with Crippen LogP contribution in [0.1, 0.15) is 36.0 Å². The van der Waals surface area contributed by atoms with E-state index in [9.17, 15) is 4.79 Å². The molecule has 0 fully saturated rings. The summed E-state index contributed by atoms with van der Waals surface area (Å²) in [4.78, 5) is 10.1. The number of carbonyl (C=O) groups is 1. The van der Waals surface area contributed by atoms with Gasteiger partial charge in [0, 0.05) is 11.8 Å². The molecule has 1 aromatic carbocycles. The van der Waals surface area contributed by atoms with Gasteiger partial charge in [0.25, 0.3) is 0 Å². The summed E-state index contributed by atoms with van der Waals surface area (Å²) in [6.45, 7) is 0.305. The summed E-state index contributed by atoms with van der Waals surface area (Å²) in [5, 5.41) is 17.2. The van der Waals surface area contributed by atoms with Crippen LogP contribution in [0.15, 0.2) is 30.3 Å². The van der Waals surface area contributed by atoms with Crippen LogP contribution in [0.4, 0.5) is 0 Å². The second-order valence-corrected chi connectivity index (χ2v) is 6.09. The second kappa shape index (κ2) is 9.30. The average molecular weight is 339 g/mol. The lowest BCUT2D eigenvalue weighted by atomic mass is 10.0. The van der Waals surface area contributed by atoms with Crippen LogP contribution in [0.25, 0.3) is 0 Å². The van der Waals surface area contributed by atoms with Crippen LogP contribution in [0.2, 0.25) is 0 Å². The maximum absolute atomic E-state index is 11.7. The maximum Gasteiger partial charge on any atom is 0.338 e. The number of unbranched alkanes of at least 4 members (excludes halogenated alkanes) is 1. The van der Waals surface area contributed by atoms with Crippen molar-refractivity contribution in [3.8, 4) is 12.1 Å². The lowest BCUT2D eigenvalue weighted by Crippen LogP contribution is -2.21. The van der Waals surface area contributed by atoms with Crippen LogP contribution in [-0.4, -0.2) is 22.8 Å². The molecule has 1 atom stereocenters. The standard InChI is InChI=1S/C16H16Cl2N2O2/c17-14(10-16(18,11-19)12-20)8-4-5-9-22-15(21)13-6-2-1-3-7-13/h1-3,6-7,14H,4-5,8-10H2. The summed E-state index contributed by atoms with van der Waals surface area (Å²) >= 11 is 11.8. The number of hydrogen-bond acceptors (Lipinski definition) is 4. The van der Waals surface area contributed by atoms with E-state index in [-0.39, 0.29) is 17.8 Å². The van der Waals surface area contributed by atoms with E-state index < -0.39 is 4.87 Å². The predicted octanol–water partition coefficient (Wildman–Crippen LogP) is 4.04. The third kappa shape index (κ3) is 6.35. The highest BCUT2D eigenvalue weighted by Crippen LogP contribution is 2.25. The molecule has 6 heteroatoms. The van der Waals surface area contributed by atoms with Gasteiger partial charge in [-0.2, -0.15) is 10.5 Å². The quantitative estimate of drug-likeness (QED) is 0.407. The number of benzene rings is 1. The zero-order valence-corrected chi connectivity index (χ0v) is 13.5. The van der Waals surface area contributed by atoms with E-state index in [4.69, 9.17) is 38.5 Å². The normalized spacial score (nSPS) is 12.0. The molecule has 0 heterocycles. The lowest BCUT2D eigenvalue weighted by molar-refractivity contribution is 0.0498. The molecular formula is C16H16Cl2N2O2. The number of hydrogen-bond donors (Lipinski definition) is 0. The Morgan fingerprint density at radius 2 is 1.86 bits per heavy atom. The van der Waals surface area contributed by atoms with E-state index in [1.165, 1.54) is 0 Å². The molecule has 0 N–H and O–H groups in total. The zero-order valence-electron chi connectivity index (χ0n) is 12.0. The predicted molar refractivity (Wildman–Crippen MR) is 84.6 cm³/mol. The van der Waals surface area contributed by atoms with Gasteiger partial charge in [-0.15, -0.1) is 11.6 Å². The fourth-order valence-corrected chi connectivity index (χ4v) is 2.46. The van der Waals surface area contributed by atoms with E-state index in [1.807, 2.05) is 6.07 Å². The number of alkyl halides is 2. The highest BCUT2D eigenvalue weighted by atomic mass is 35.5. The first-order valence-electron chi connectivity index (χ1n) is 6.88. The average Bonchev–Trinajstić information content (AvgIpc) is 2.55. The summed E-state index contributed by atoms with van der Waals surface area (Å²) in [7, 11) is 0. The van der Waals surface area contributed by atoms with Gasteiger partial charge in [-0.25, -0.2) is 4.79 Å². The SMILES string of the molecule is N#CC(Cl)(C#N)CC(Cl)CCCCOC(=O)c1ccccc1. The topological polar surface area (TPSA) is 73.9 Å². The Morgan fingerprint density at radius 3 is 2.45 bits per heavy atom. The minimum absolute atomic E-state index is 0.104. The number of nitriles is 2. The maximum atomic E-state index is 11.7. The largest absolute Gasteiger partial charge is 0.462 e. The number of nitrogens with zero attached hydrogens (tertiary/aromatic N) is 2. The van der Waals surface area contributed by atoms with Crippen molar-refractivity contribution in [2.45, 2.75) is 35.9 Å². The Kier molecular flexibility index (Phi) is 7.74. The van der Waals surface area contributed by atoms with Crippen LogP contribution >= 0.6 is 23.2 Å². The minimum atomic E-state index is -1.56. The molecule has 0 aromatic heterocycles. The van der Waals surface area contributed by atoms with Crippen molar-refractivity contribution in [1.29, 1.82) is 10.5 Å². The van der Waals surface area contributed by atoms with E-state index in [0.29, 0.717) is 25.0 Å². The van der Waals surface area contributed by atoms with E-state index in [0.717, 1.165) is 6.42 Å². The Balaban J connectivity index is 2.20. The number of rotatable bonds is 8. The van der Waals surface area contributed by atoms with Crippen molar-refractivity contribution in [3.63, 3.8) is 0 Å². The molecular weight excluding hydrogens is 323 g/mol. The number of esters is 1. The van der Waals surface area contributed by atoms with Crippen molar-refractivity contribution in [1.82, 2.24) is 0 Å². The second-order valence-electron chi connectivity index (χ2n) is 4.82. The molecule has 0 aliphatic rings. The van der Waals surface area contributed by atoms with Gasteiger partial charge in [0.2, 0.25) is 4.87 Å². The van der Waals surface area contributed by atoms with Gasteiger partial charge in [0.15, 0.2) is 0 Å². The van der Waals surface area contributed by atoms with E-state index >= 15 is 0 Å².